The van der Waals surface area contributed by atoms with E-state index in [0.717, 1.165) is 18.7 Å². The number of hydrogen-bond acceptors (Lipinski definition) is 3. The molecule has 2 aromatic heterocycles. The number of aromatic nitrogens is 2. The Hall–Kier alpha value is -1.84. The molecule has 2 aromatic rings. The number of furan rings is 1. The highest BCUT2D eigenvalue weighted by Gasteiger charge is 2.13. The molecule has 0 unspecified atom stereocenters. The first-order valence-corrected chi connectivity index (χ1v) is 5.33. The molecule has 0 N–H and O–H groups in total. The summed E-state index contributed by atoms with van der Waals surface area (Å²) in [5.74, 6) is 0.698. The summed E-state index contributed by atoms with van der Waals surface area (Å²) in [7, 11) is 0. The van der Waals surface area contributed by atoms with E-state index in [4.69, 9.17) is 4.42 Å². The van der Waals surface area contributed by atoms with E-state index in [-0.39, 0.29) is 5.78 Å². The van der Waals surface area contributed by atoms with Crippen molar-refractivity contribution in [2.45, 2.75) is 26.8 Å². The fourth-order valence-electron chi connectivity index (χ4n) is 1.56. The largest absolute Gasteiger partial charge is 0.469 e. The number of nitrogens with zero attached hydrogens (tertiary/aromatic N) is 2. The van der Waals surface area contributed by atoms with Crippen LogP contribution in [0.5, 0.6) is 0 Å². The quantitative estimate of drug-likeness (QED) is 0.740. The molecule has 0 atom stereocenters. The third kappa shape index (κ3) is 2.05. The number of rotatable bonds is 4. The van der Waals surface area contributed by atoms with Gasteiger partial charge in [0.05, 0.1) is 17.3 Å². The van der Waals surface area contributed by atoms with Crippen LogP contribution in [0.4, 0.5) is 0 Å². The average molecular weight is 218 g/mol. The van der Waals surface area contributed by atoms with Crippen molar-refractivity contribution >= 4 is 5.78 Å². The fraction of sp³-hybridized carbons (Fsp3) is 0.333. The first kappa shape index (κ1) is 10.7. The number of carbonyl (C=O) groups is 1. The highest BCUT2D eigenvalue weighted by Crippen LogP contribution is 2.12. The third-order valence-corrected chi connectivity index (χ3v) is 2.34. The molecular weight excluding hydrogens is 204 g/mol. The van der Waals surface area contributed by atoms with E-state index < -0.39 is 0 Å². The predicted molar refractivity (Wildman–Crippen MR) is 59.4 cm³/mol. The number of ketones is 1. The van der Waals surface area contributed by atoms with Crippen LogP contribution in [-0.4, -0.2) is 15.6 Å². The van der Waals surface area contributed by atoms with Crippen molar-refractivity contribution in [2.75, 3.05) is 0 Å². The molecule has 0 aromatic carbocycles. The summed E-state index contributed by atoms with van der Waals surface area (Å²) in [5, 5.41) is 4.12. The van der Waals surface area contributed by atoms with E-state index in [1.165, 1.54) is 6.26 Å². The molecular formula is C12H14N2O2. The monoisotopic (exact) mass is 218 g/mol. The first-order valence-electron chi connectivity index (χ1n) is 5.33. The summed E-state index contributed by atoms with van der Waals surface area (Å²) >= 11 is 0. The lowest BCUT2D eigenvalue weighted by Gasteiger charge is -1.94. The van der Waals surface area contributed by atoms with Crippen LogP contribution in [0, 0.1) is 6.92 Å². The Labute approximate surface area is 93.9 Å². The molecule has 0 amide bonds. The van der Waals surface area contributed by atoms with Gasteiger partial charge in [-0.05, 0) is 19.4 Å². The lowest BCUT2D eigenvalue weighted by atomic mass is 10.1. The molecule has 2 rings (SSSR count). The zero-order chi connectivity index (χ0) is 11.5. The maximum Gasteiger partial charge on any atom is 0.199 e. The molecule has 0 fully saturated rings. The van der Waals surface area contributed by atoms with Crippen molar-refractivity contribution in [3.63, 3.8) is 0 Å². The molecule has 2 heterocycles. The number of aryl methyl sites for hydroxylation is 2. The van der Waals surface area contributed by atoms with Gasteiger partial charge in [0, 0.05) is 12.7 Å². The van der Waals surface area contributed by atoms with E-state index in [9.17, 15) is 4.79 Å². The van der Waals surface area contributed by atoms with Crippen LogP contribution in [0.2, 0.25) is 0 Å². The lowest BCUT2D eigenvalue weighted by molar-refractivity contribution is 0.103. The Morgan fingerprint density at radius 3 is 2.94 bits per heavy atom. The highest BCUT2D eigenvalue weighted by atomic mass is 16.3. The van der Waals surface area contributed by atoms with Crippen LogP contribution >= 0.6 is 0 Å². The second-order valence-corrected chi connectivity index (χ2v) is 3.77. The van der Waals surface area contributed by atoms with Gasteiger partial charge in [0.1, 0.15) is 12.0 Å². The first-order chi connectivity index (χ1) is 7.70. The van der Waals surface area contributed by atoms with Gasteiger partial charge in [-0.2, -0.15) is 5.10 Å². The molecule has 16 heavy (non-hydrogen) atoms. The van der Waals surface area contributed by atoms with Gasteiger partial charge >= 0.3 is 0 Å². The summed E-state index contributed by atoms with van der Waals surface area (Å²) in [6.45, 7) is 4.72. The van der Waals surface area contributed by atoms with Crippen LogP contribution in [0.3, 0.4) is 0 Å². The van der Waals surface area contributed by atoms with Gasteiger partial charge in [-0.1, -0.05) is 6.92 Å². The Kier molecular flexibility index (Phi) is 2.90. The Bertz CT molecular complexity index is 497. The summed E-state index contributed by atoms with van der Waals surface area (Å²) in [6.07, 6.45) is 5.85. The summed E-state index contributed by atoms with van der Waals surface area (Å²) in [6, 6.07) is 1.74. The topological polar surface area (TPSA) is 48.0 Å². The standard InChI is InChI=1S/C12H14N2O2/c1-3-4-14-7-11(6-13-14)12(15)10-5-9(2)16-8-10/h5-8H,3-4H2,1-2H3. The minimum Gasteiger partial charge on any atom is -0.469 e. The maximum absolute atomic E-state index is 12.0. The fourth-order valence-corrected chi connectivity index (χ4v) is 1.56. The molecule has 84 valence electrons. The predicted octanol–water partition coefficient (Wildman–Crippen LogP) is 2.43. The minimum atomic E-state index is -0.0424. The van der Waals surface area contributed by atoms with Gasteiger partial charge in [-0.3, -0.25) is 9.48 Å². The normalized spacial score (nSPS) is 10.6. The summed E-state index contributed by atoms with van der Waals surface area (Å²) in [5.41, 5.74) is 1.18. The van der Waals surface area contributed by atoms with Crippen LogP contribution in [-0.2, 0) is 6.54 Å². The van der Waals surface area contributed by atoms with Crippen LogP contribution in [0.15, 0.2) is 29.1 Å². The van der Waals surface area contributed by atoms with E-state index >= 15 is 0 Å². The molecule has 0 aliphatic carbocycles. The SMILES string of the molecule is CCCn1cc(C(=O)c2coc(C)c2)cn1. The Morgan fingerprint density at radius 2 is 2.31 bits per heavy atom. The average Bonchev–Trinajstić information content (AvgIpc) is 2.87. The van der Waals surface area contributed by atoms with Crippen molar-refractivity contribution in [3.8, 4) is 0 Å². The van der Waals surface area contributed by atoms with E-state index in [1.807, 2.05) is 6.92 Å². The van der Waals surface area contributed by atoms with Crippen molar-refractivity contribution in [3.05, 3.63) is 41.6 Å². The molecule has 0 aliphatic rings. The molecule has 4 nitrogen and oxygen atoms in total. The van der Waals surface area contributed by atoms with Crippen LogP contribution in [0.1, 0.15) is 35.0 Å². The van der Waals surface area contributed by atoms with Gasteiger partial charge in [-0.15, -0.1) is 0 Å². The Morgan fingerprint density at radius 1 is 1.50 bits per heavy atom. The van der Waals surface area contributed by atoms with Crippen molar-refractivity contribution in [1.82, 2.24) is 9.78 Å². The summed E-state index contributed by atoms with van der Waals surface area (Å²) < 4.78 is 6.89. The van der Waals surface area contributed by atoms with Crippen LogP contribution < -0.4 is 0 Å². The molecule has 0 saturated heterocycles. The lowest BCUT2D eigenvalue weighted by Crippen LogP contribution is -1.99. The molecule has 0 bridgehead atoms. The molecule has 0 aliphatic heterocycles. The third-order valence-electron chi connectivity index (χ3n) is 2.34. The summed E-state index contributed by atoms with van der Waals surface area (Å²) in [4.78, 5) is 12.0. The smallest absolute Gasteiger partial charge is 0.199 e. The minimum absolute atomic E-state index is 0.0424. The van der Waals surface area contributed by atoms with Gasteiger partial charge in [0.15, 0.2) is 5.78 Å². The van der Waals surface area contributed by atoms with Crippen LogP contribution in [0.25, 0.3) is 0 Å². The van der Waals surface area contributed by atoms with Gasteiger partial charge in [0.25, 0.3) is 0 Å². The zero-order valence-corrected chi connectivity index (χ0v) is 9.43. The number of carbonyl (C=O) groups excluding carboxylic acids is 1. The highest BCUT2D eigenvalue weighted by molar-refractivity contribution is 6.08. The second-order valence-electron chi connectivity index (χ2n) is 3.77. The molecule has 0 spiro atoms. The van der Waals surface area contributed by atoms with Crippen molar-refractivity contribution in [2.24, 2.45) is 0 Å². The van der Waals surface area contributed by atoms with Gasteiger partial charge in [-0.25, -0.2) is 0 Å². The molecule has 0 radical (unpaired) electrons. The Balaban J connectivity index is 2.20. The number of hydrogen-bond donors (Lipinski definition) is 0. The van der Waals surface area contributed by atoms with E-state index in [0.29, 0.717) is 11.1 Å². The van der Waals surface area contributed by atoms with Crippen molar-refractivity contribution < 1.29 is 9.21 Å². The second kappa shape index (κ2) is 4.35. The van der Waals surface area contributed by atoms with Crippen molar-refractivity contribution in [1.29, 1.82) is 0 Å². The van der Waals surface area contributed by atoms with E-state index in [2.05, 4.69) is 12.0 Å². The van der Waals surface area contributed by atoms with Gasteiger partial charge < -0.3 is 4.42 Å². The van der Waals surface area contributed by atoms with E-state index in [1.54, 1.807) is 23.1 Å². The van der Waals surface area contributed by atoms with Gasteiger partial charge in [0.2, 0.25) is 0 Å². The molecule has 4 heteroatoms. The molecule has 0 saturated carbocycles. The maximum atomic E-state index is 12.0. The zero-order valence-electron chi connectivity index (χ0n) is 9.43.